The number of rotatable bonds is 4. The highest BCUT2D eigenvalue weighted by Crippen LogP contribution is 2.26. The average molecular weight is 324 g/mol. The van der Waals surface area contributed by atoms with E-state index >= 15 is 0 Å². The van der Waals surface area contributed by atoms with E-state index in [0.717, 1.165) is 28.9 Å². The molecule has 0 aliphatic rings. The lowest BCUT2D eigenvalue weighted by Gasteiger charge is -2.02. The van der Waals surface area contributed by atoms with Crippen LogP contribution in [0.25, 0.3) is 23.0 Å². The van der Waals surface area contributed by atoms with Gasteiger partial charge >= 0.3 is 0 Å². The lowest BCUT2D eigenvalue weighted by Crippen LogP contribution is -1.94. The summed E-state index contributed by atoms with van der Waals surface area (Å²) in [6.45, 7) is 2.11. The van der Waals surface area contributed by atoms with E-state index in [0.29, 0.717) is 0 Å². The van der Waals surface area contributed by atoms with E-state index in [4.69, 9.17) is 10.5 Å². The standard InChI is InChI=1S/C21H16N4/c1-2-16-8-10-18(11-9-16)21-19(12-17(13-22)14-23)15-25(24-21)20-6-4-3-5-7-20/h3-12,15H,2H2,1H3. The minimum absolute atomic E-state index is 0.0547. The molecule has 0 unspecified atom stereocenters. The number of allylic oxidation sites excluding steroid dienone is 1. The summed E-state index contributed by atoms with van der Waals surface area (Å²) in [7, 11) is 0. The Hall–Kier alpha value is -3.63. The van der Waals surface area contributed by atoms with Gasteiger partial charge in [0.15, 0.2) is 0 Å². The second-order valence-electron chi connectivity index (χ2n) is 5.55. The van der Waals surface area contributed by atoms with E-state index in [2.05, 4.69) is 24.2 Å². The summed E-state index contributed by atoms with van der Waals surface area (Å²) in [5.74, 6) is 0. The molecule has 4 nitrogen and oxygen atoms in total. The van der Waals surface area contributed by atoms with Gasteiger partial charge in [0.25, 0.3) is 0 Å². The molecule has 0 atom stereocenters. The lowest BCUT2D eigenvalue weighted by atomic mass is 10.0. The summed E-state index contributed by atoms with van der Waals surface area (Å²) < 4.78 is 1.77. The fourth-order valence-corrected chi connectivity index (χ4v) is 2.57. The lowest BCUT2D eigenvalue weighted by molar-refractivity contribution is 0.884. The summed E-state index contributed by atoms with van der Waals surface area (Å²) in [4.78, 5) is 0. The molecule has 1 heterocycles. The fourth-order valence-electron chi connectivity index (χ4n) is 2.57. The summed E-state index contributed by atoms with van der Waals surface area (Å²) in [6.07, 6.45) is 4.39. The molecule has 4 heteroatoms. The Morgan fingerprint density at radius 2 is 1.72 bits per heavy atom. The van der Waals surface area contributed by atoms with Crippen molar-refractivity contribution in [3.63, 3.8) is 0 Å². The topological polar surface area (TPSA) is 65.4 Å². The van der Waals surface area contributed by atoms with E-state index in [1.165, 1.54) is 5.56 Å². The van der Waals surface area contributed by atoms with E-state index in [-0.39, 0.29) is 5.57 Å². The second-order valence-corrected chi connectivity index (χ2v) is 5.55. The number of aromatic nitrogens is 2. The third kappa shape index (κ3) is 3.49. The van der Waals surface area contributed by atoms with Crippen molar-refractivity contribution in [3.8, 4) is 29.1 Å². The molecule has 0 N–H and O–H groups in total. The number of nitrogens with zero attached hydrogens (tertiary/aromatic N) is 4. The monoisotopic (exact) mass is 324 g/mol. The van der Waals surface area contributed by atoms with Crippen LogP contribution in [0.3, 0.4) is 0 Å². The minimum atomic E-state index is 0.0547. The molecule has 0 aliphatic carbocycles. The van der Waals surface area contributed by atoms with Crippen LogP contribution in [0, 0.1) is 22.7 Å². The van der Waals surface area contributed by atoms with Crippen molar-refractivity contribution in [3.05, 3.63) is 77.5 Å². The van der Waals surface area contributed by atoms with Crippen molar-refractivity contribution in [2.45, 2.75) is 13.3 Å². The quantitative estimate of drug-likeness (QED) is 0.662. The zero-order chi connectivity index (χ0) is 17.6. The van der Waals surface area contributed by atoms with Gasteiger partial charge in [0, 0.05) is 17.3 Å². The van der Waals surface area contributed by atoms with Crippen LogP contribution in [-0.4, -0.2) is 9.78 Å². The van der Waals surface area contributed by atoms with Gasteiger partial charge in [-0.15, -0.1) is 0 Å². The molecule has 0 spiro atoms. The normalized spacial score (nSPS) is 9.88. The van der Waals surface area contributed by atoms with E-state index in [9.17, 15) is 0 Å². The molecule has 3 aromatic rings. The molecule has 25 heavy (non-hydrogen) atoms. The molecule has 0 bridgehead atoms. The molecule has 1 aromatic heterocycles. The SMILES string of the molecule is CCc1ccc(-c2nn(-c3ccccc3)cc2C=C(C#N)C#N)cc1. The predicted octanol–water partition coefficient (Wildman–Crippen LogP) is 4.53. The molecule has 0 aliphatic heterocycles. The zero-order valence-corrected chi connectivity index (χ0v) is 13.8. The van der Waals surface area contributed by atoms with Gasteiger partial charge in [-0.05, 0) is 30.2 Å². The van der Waals surface area contributed by atoms with Gasteiger partial charge < -0.3 is 0 Å². The van der Waals surface area contributed by atoms with Gasteiger partial charge in [-0.2, -0.15) is 15.6 Å². The Bertz CT molecular complexity index is 965. The summed E-state index contributed by atoms with van der Waals surface area (Å²) in [5.41, 5.74) is 4.66. The van der Waals surface area contributed by atoms with Crippen LogP contribution in [0.2, 0.25) is 0 Å². The van der Waals surface area contributed by atoms with Crippen LogP contribution in [-0.2, 0) is 6.42 Å². The molecule has 0 saturated carbocycles. The van der Waals surface area contributed by atoms with Crippen molar-refractivity contribution in [2.24, 2.45) is 0 Å². The largest absolute Gasteiger partial charge is 0.240 e. The highest BCUT2D eigenvalue weighted by Gasteiger charge is 2.12. The maximum atomic E-state index is 9.07. The van der Waals surface area contributed by atoms with Crippen molar-refractivity contribution >= 4 is 6.08 Å². The smallest absolute Gasteiger partial charge is 0.130 e. The highest BCUT2D eigenvalue weighted by molar-refractivity contribution is 5.75. The number of aryl methyl sites for hydroxylation is 1. The van der Waals surface area contributed by atoms with Gasteiger partial charge in [0.05, 0.1) is 5.69 Å². The first-order chi connectivity index (χ1) is 12.2. The van der Waals surface area contributed by atoms with Crippen LogP contribution in [0.1, 0.15) is 18.1 Å². The molecular weight excluding hydrogens is 308 g/mol. The number of benzene rings is 2. The predicted molar refractivity (Wildman–Crippen MR) is 97.6 cm³/mol. The molecule has 0 fully saturated rings. The second kappa shape index (κ2) is 7.29. The highest BCUT2D eigenvalue weighted by atomic mass is 15.3. The molecule has 0 amide bonds. The van der Waals surface area contributed by atoms with Gasteiger partial charge in [0.2, 0.25) is 0 Å². The zero-order valence-electron chi connectivity index (χ0n) is 13.8. The van der Waals surface area contributed by atoms with Gasteiger partial charge in [-0.25, -0.2) is 4.68 Å². The first kappa shape index (κ1) is 16.2. The van der Waals surface area contributed by atoms with E-state index < -0.39 is 0 Å². The van der Waals surface area contributed by atoms with Gasteiger partial charge in [-0.1, -0.05) is 49.4 Å². The molecule has 0 saturated heterocycles. The molecule has 120 valence electrons. The van der Waals surface area contributed by atoms with Crippen LogP contribution in [0.5, 0.6) is 0 Å². The van der Waals surface area contributed by atoms with Gasteiger partial charge in [-0.3, -0.25) is 0 Å². The Kier molecular flexibility index (Phi) is 4.74. The fraction of sp³-hybridized carbons (Fsp3) is 0.0952. The summed E-state index contributed by atoms with van der Waals surface area (Å²) in [6, 6.07) is 21.7. The third-order valence-corrected chi connectivity index (χ3v) is 3.94. The van der Waals surface area contributed by atoms with Crippen LogP contribution >= 0.6 is 0 Å². The summed E-state index contributed by atoms with van der Waals surface area (Å²) in [5, 5.41) is 22.8. The Morgan fingerprint density at radius 1 is 1.04 bits per heavy atom. The third-order valence-electron chi connectivity index (χ3n) is 3.94. The maximum absolute atomic E-state index is 9.07. The van der Waals surface area contributed by atoms with Crippen molar-refractivity contribution < 1.29 is 0 Å². The molecular formula is C21H16N4. The maximum Gasteiger partial charge on any atom is 0.130 e. The van der Waals surface area contributed by atoms with Gasteiger partial charge in [0.1, 0.15) is 23.4 Å². The van der Waals surface area contributed by atoms with Crippen LogP contribution in [0.4, 0.5) is 0 Å². The number of para-hydroxylation sites is 1. The first-order valence-corrected chi connectivity index (χ1v) is 8.01. The summed E-state index contributed by atoms with van der Waals surface area (Å²) >= 11 is 0. The number of hydrogen-bond acceptors (Lipinski definition) is 3. The first-order valence-electron chi connectivity index (χ1n) is 8.01. The molecule has 2 aromatic carbocycles. The van der Waals surface area contributed by atoms with Crippen LogP contribution in [0.15, 0.2) is 66.4 Å². The number of nitriles is 2. The Balaban J connectivity index is 2.14. The van der Waals surface area contributed by atoms with Crippen molar-refractivity contribution in [2.75, 3.05) is 0 Å². The average Bonchev–Trinajstić information content (AvgIpc) is 3.10. The molecule has 0 radical (unpaired) electrons. The van der Waals surface area contributed by atoms with E-state index in [1.54, 1.807) is 10.8 Å². The Labute approximate surface area is 146 Å². The minimum Gasteiger partial charge on any atom is -0.240 e. The van der Waals surface area contributed by atoms with E-state index in [1.807, 2.05) is 60.8 Å². The number of hydrogen-bond donors (Lipinski definition) is 0. The Morgan fingerprint density at radius 3 is 2.32 bits per heavy atom. The van der Waals surface area contributed by atoms with Crippen LogP contribution < -0.4 is 0 Å². The molecule has 3 rings (SSSR count). The van der Waals surface area contributed by atoms with Crippen molar-refractivity contribution in [1.29, 1.82) is 10.5 Å². The van der Waals surface area contributed by atoms with Crippen molar-refractivity contribution in [1.82, 2.24) is 9.78 Å².